The number of ketones is 1. The van der Waals surface area contributed by atoms with Crippen LogP contribution in [0.4, 0.5) is 5.69 Å². The number of carbonyl (C=O) groups is 1. The lowest BCUT2D eigenvalue weighted by Crippen LogP contribution is -2.33. The fourth-order valence-electron chi connectivity index (χ4n) is 3.74. The van der Waals surface area contributed by atoms with Gasteiger partial charge < -0.3 is 19.6 Å². The van der Waals surface area contributed by atoms with Crippen LogP contribution in [0.2, 0.25) is 5.02 Å². The molecular formula is C26H24ClN3O5. The molecule has 8 nitrogen and oxygen atoms in total. The van der Waals surface area contributed by atoms with Crippen LogP contribution in [0.15, 0.2) is 70.0 Å². The standard InChI is InChI=1S/C26H24ClN3O5/c1-15-13-22(31)25(33)26(35-15)23(24(32)16-3-6-18(34-2)7-4-16)30-12-11-29-20-9-10-28-21-14-17(27)5-8-19(20)21/h3-10,13-14,23,30,33H,11-12H2,1-2H3,(H,28,29). The maximum atomic E-state index is 13.4. The molecule has 0 amide bonds. The van der Waals surface area contributed by atoms with Gasteiger partial charge >= 0.3 is 0 Å². The summed E-state index contributed by atoms with van der Waals surface area (Å²) in [5, 5.41) is 18.3. The maximum Gasteiger partial charge on any atom is 0.227 e. The summed E-state index contributed by atoms with van der Waals surface area (Å²) in [6.45, 7) is 2.34. The largest absolute Gasteiger partial charge is 0.502 e. The molecule has 2 heterocycles. The summed E-state index contributed by atoms with van der Waals surface area (Å²) in [6, 6.07) is 14.0. The number of nitrogens with zero attached hydrogens (tertiary/aromatic N) is 1. The zero-order valence-electron chi connectivity index (χ0n) is 19.2. The van der Waals surface area contributed by atoms with Gasteiger partial charge in [0.15, 0.2) is 11.5 Å². The molecule has 0 saturated heterocycles. The first-order valence-electron chi connectivity index (χ1n) is 10.9. The van der Waals surface area contributed by atoms with Crippen molar-refractivity contribution in [1.82, 2.24) is 10.3 Å². The Morgan fingerprint density at radius 1 is 1.14 bits per heavy atom. The highest BCUT2D eigenvalue weighted by atomic mass is 35.5. The van der Waals surface area contributed by atoms with Crippen LogP contribution in [0.5, 0.6) is 11.5 Å². The number of methoxy groups -OCH3 is 1. The minimum absolute atomic E-state index is 0.125. The lowest BCUT2D eigenvalue weighted by Gasteiger charge is -2.19. The van der Waals surface area contributed by atoms with Crippen molar-refractivity contribution >= 4 is 34.0 Å². The van der Waals surface area contributed by atoms with Crippen molar-refractivity contribution in [3.05, 3.63) is 93.1 Å². The molecule has 0 radical (unpaired) electrons. The van der Waals surface area contributed by atoms with Crippen LogP contribution in [0.25, 0.3) is 10.9 Å². The third-order valence-electron chi connectivity index (χ3n) is 5.46. The molecule has 0 bridgehead atoms. The first-order chi connectivity index (χ1) is 16.9. The number of carbonyl (C=O) groups excluding carboxylic acids is 1. The van der Waals surface area contributed by atoms with E-state index in [0.29, 0.717) is 29.4 Å². The predicted octanol–water partition coefficient (Wildman–Crippen LogP) is 4.49. The number of aromatic nitrogens is 1. The average Bonchev–Trinajstić information content (AvgIpc) is 2.86. The Morgan fingerprint density at radius 3 is 2.66 bits per heavy atom. The van der Waals surface area contributed by atoms with E-state index in [-0.39, 0.29) is 17.3 Å². The predicted molar refractivity (Wildman–Crippen MR) is 135 cm³/mol. The Kier molecular flexibility index (Phi) is 7.33. The quantitative estimate of drug-likeness (QED) is 0.231. The van der Waals surface area contributed by atoms with Crippen LogP contribution in [0.3, 0.4) is 0 Å². The number of hydrogen-bond donors (Lipinski definition) is 3. The second-order valence-corrected chi connectivity index (χ2v) is 8.30. The molecule has 2 aromatic heterocycles. The van der Waals surface area contributed by atoms with E-state index in [2.05, 4.69) is 15.6 Å². The minimum atomic E-state index is -1.08. The van der Waals surface area contributed by atoms with Gasteiger partial charge in [-0.3, -0.25) is 19.9 Å². The highest BCUT2D eigenvalue weighted by Crippen LogP contribution is 2.27. The van der Waals surface area contributed by atoms with Gasteiger partial charge in [0, 0.05) is 47.0 Å². The van der Waals surface area contributed by atoms with E-state index in [1.807, 2.05) is 12.1 Å². The average molecular weight is 494 g/mol. The normalized spacial score (nSPS) is 11.9. The molecule has 9 heteroatoms. The van der Waals surface area contributed by atoms with Crippen LogP contribution in [-0.4, -0.2) is 36.1 Å². The van der Waals surface area contributed by atoms with Crippen LogP contribution >= 0.6 is 11.6 Å². The number of rotatable bonds is 9. The smallest absolute Gasteiger partial charge is 0.227 e. The van der Waals surface area contributed by atoms with Crippen LogP contribution in [0.1, 0.15) is 27.9 Å². The number of halogens is 1. The van der Waals surface area contributed by atoms with E-state index in [9.17, 15) is 14.7 Å². The fraction of sp³-hybridized carbons (Fsp3) is 0.192. The Labute approximate surface area is 206 Å². The molecule has 1 atom stereocenters. The summed E-state index contributed by atoms with van der Waals surface area (Å²) in [4.78, 5) is 29.9. The number of Topliss-reactive ketones (excluding diaryl/α,β-unsaturated/α-hetero) is 1. The zero-order valence-corrected chi connectivity index (χ0v) is 19.9. The Balaban J connectivity index is 1.55. The van der Waals surface area contributed by atoms with Gasteiger partial charge in [0.2, 0.25) is 11.2 Å². The van der Waals surface area contributed by atoms with Gasteiger partial charge in [-0.2, -0.15) is 0 Å². The van der Waals surface area contributed by atoms with Gasteiger partial charge in [0.1, 0.15) is 17.6 Å². The monoisotopic (exact) mass is 493 g/mol. The van der Waals surface area contributed by atoms with Gasteiger partial charge in [0.25, 0.3) is 0 Å². The third-order valence-corrected chi connectivity index (χ3v) is 5.70. The summed E-state index contributed by atoms with van der Waals surface area (Å²) in [5.41, 5.74) is 1.38. The van der Waals surface area contributed by atoms with Gasteiger partial charge in [-0.15, -0.1) is 0 Å². The van der Waals surface area contributed by atoms with Crippen molar-refractivity contribution in [2.24, 2.45) is 0 Å². The summed E-state index contributed by atoms with van der Waals surface area (Å²) in [5.74, 6) is -0.191. The second-order valence-electron chi connectivity index (χ2n) is 7.86. The molecule has 35 heavy (non-hydrogen) atoms. The van der Waals surface area contributed by atoms with E-state index >= 15 is 0 Å². The molecule has 0 aliphatic heterocycles. The Hall–Kier alpha value is -3.88. The number of anilines is 1. The van der Waals surface area contributed by atoms with E-state index in [1.165, 1.54) is 13.2 Å². The van der Waals surface area contributed by atoms with Gasteiger partial charge in [0.05, 0.1) is 12.6 Å². The topological polar surface area (TPSA) is 114 Å². The molecule has 4 aromatic rings. The van der Waals surface area contributed by atoms with Gasteiger partial charge in [-0.1, -0.05) is 11.6 Å². The van der Waals surface area contributed by atoms with Crippen molar-refractivity contribution in [1.29, 1.82) is 0 Å². The number of hydrogen-bond acceptors (Lipinski definition) is 8. The van der Waals surface area contributed by atoms with Crippen molar-refractivity contribution < 1.29 is 19.1 Å². The number of fused-ring (bicyclic) bond motifs is 1. The van der Waals surface area contributed by atoms with Crippen LogP contribution in [-0.2, 0) is 0 Å². The number of aryl methyl sites for hydroxylation is 1. The third kappa shape index (κ3) is 5.45. The molecular weight excluding hydrogens is 470 g/mol. The van der Waals surface area contributed by atoms with E-state index in [1.54, 1.807) is 49.5 Å². The molecule has 2 aromatic carbocycles. The zero-order chi connectivity index (χ0) is 24.9. The number of ether oxygens (including phenoxy) is 1. The highest BCUT2D eigenvalue weighted by Gasteiger charge is 2.28. The lowest BCUT2D eigenvalue weighted by atomic mass is 10.0. The molecule has 1 unspecified atom stereocenters. The van der Waals surface area contributed by atoms with Crippen molar-refractivity contribution in [3.63, 3.8) is 0 Å². The molecule has 0 spiro atoms. The summed E-state index contributed by atoms with van der Waals surface area (Å²) < 4.78 is 10.8. The van der Waals surface area contributed by atoms with Crippen molar-refractivity contribution in [3.8, 4) is 11.5 Å². The molecule has 0 fully saturated rings. The fourth-order valence-corrected chi connectivity index (χ4v) is 3.90. The second kappa shape index (κ2) is 10.6. The molecule has 3 N–H and O–H groups in total. The summed E-state index contributed by atoms with van der Waals surface area (Å²) in [6.07, 6.45) is 1.68. The number of nitrogens with one attached hydrogen (secondary N) is 2. The van der Waals surface area contributed by atoms with Gasteiger partial charge in [-0.05, 0) is 55.5 Å². The molecule has 180 valence electrons. The molecule has 0 saturated carbocycles. The number of aromatic hydroxyl groups is 1. The van der Waals surface area contributed by atoms with Gasteiger partial charge in [-0.25, -0.2) is 0 Å². The number of benzene rings is 2. The highest BCUT2D eigenvalue weighted by molar-refractivity contribution is 6.31. The van der Waals surface area contributed by atoms with E-state index < -0.39 is 17.2 Å². The molecule has 0 aliphatic carbocycles. The van der Waals surface area contributed by atoms with E-state index in [0.717, 1.165) is 16.6 Å². The Morgan fingerprint density at radius 2 is 1.91 bits per heavy atom. The Bertz CT molecular complexity index is 1420. The van der Waals surface area contributed by atoms with Crippen LogP contribution < -0.4 is 20.8 Å². The minimum Gasteiger partial charge on any atom is -0.502 e. The van der Waals surface area contributed by atoms with Crippen molar-refractivity contribution in [2.45, 2.75) is 13.0 Å². The summed E-state index contributed by atoms with van der Waals surface area (Å²) in [7, 11) is 1.54. The molecule has 0 aliphatic rings. The number of pyridine rings is 1. The van der Waals surface area contributed by atoms with Crippen LogP contribution in [0, 0.1) is 6.92 Å². The maximum absolute atomic E-state index is 13.4. The SMILES string of the molecule is COc1ccc(C(=O)C(NCCNc2ccnc3cc(Cl)ccc23)c2oc(C)cc(=O)c2O)cc1. The summed E-state index contributed by atoms with van der Waals surface area (Å²) >= 11 is 6.06. The van der Waals surface area contributed by atoms with Crippen molar-refractivity contribution in [2.75, 3.05) is 25.5 Å². The van der Waals surface area contributed by atoms with E-state index in [4.69, 9.17) is 20.8 Å². The first kappa shape index (κ1) is 24.3. The first-order valence-corrected chi connectivity index (χ1v) is 11.3. The lowest BCUT2D eigenvalue weighted by molar-refractivity contribution is 0.0927. The molecule has 4 rings (SSSR count).